The molecule has 0 spiro atoms. The van der Waals surface area contributed by atoms with Crippen molar-refractivity contribution in [2.75, 3.05) is 18.6 Å². The molecule has 2 atom stereocenters. The highest BCUT2D eigenvalue weighted by molar-refractivity contribution is 7.84. The molecule has 3 N–H and O–H groups in total. The van der Waals surface area contributed by atoms with E-state index in [2.05, 4.69) is 22.1 Å². The summed E-state index contributed by atoms with van der Waals surface area (Å²) in [5.41, 5.74) is 6.36. The van der Waals surface area contributed by atoms with Crippen molar-refractivity contribution in [3.63, 3.8) is 0 Å². The lowest BCUT2D eigenvalue weighted by molar-refractivity contribution is 0.0943. The molecular formula is C13H17N3O2S. The van der Waals surface area contributed by atoms with Crippen LogP contribution in [-0.4, -0.2) is 39.7 Å². The number of hydrogen-bond donors (Lipinski definition) is 2. The first-order chi connectivity index (χ1) is 9.02. The Morgan fingerprint density at radius 1 is 1.58 bits per heavy atom. The molecule has 1 rings (SSSR count). The van der Waals surface area contributed by atoms with Crippen molar-refractivity contribution in [3.8, 4) is 11.8 Å². The molecule has 0 aliphatic rings. The Morgan fingerprint density at radius 2 is 2.32 bits per heavy atom. The van der Waals surface area contributed by atoms with E-state index in [-0.39, 0.29) is 18.5 Å². The van der Waals surface area contributed by atoms with Crippen molar-refractivity contribution in [1.29, 1.82) is 0 Å². The molecule has 19 heavy (non-hydrogen) atoms. The van der Waals surface area contributed by atoms with Crippen LogP contribution in [-0.2, 0) is 10.8 Å². The summed E-state index contributed by atoms with van der Waals surface area (Å²) in [5.74, 6) is 5.70. The second-order valence-electron chi connectivity index (χ2n) is 4.08. The van der Waals surface area contributed by atoms with Crippen molar-refractivity contribution in [2.45, 2.75) is 13.0 Å². The highest BCUT2D eigenvalue weighted by atomic mass is 32.2. The highest BCUT2D eigenvalue weighted by Gasteiger charge is 2.11. The number of hydrogen-bond acceptors (Lipinski definition) is 4. The molecule has 6 heteroatoms. The summed E-state index contributed by atoms with van der Waals surface area (Å²) in [4.78, 5) is 15.9. The number of pyridine rings is 1. The SMILES string of the molecule is CC(CS(C)=O)NC(=O)c1cncc(C#CCN)c1. The van der Waals surface area contributed by atoms with E-state index < -0.39 is 10.8 Å². The first-order valence-corrected chi connectivity index (χ1v) is 7.50. The summed E-state index contributed by atoms with van der Waals surface area (Å²) in [6.45, 7) is 2.07. The third kappa shape index (κ3) is 5.64. The van der Waals surface area contributed by atoms with Gasteiger partial charge in [0.1, 0.15) is 0 Å². The van der Waals surface area contributed by atoms with E-state index in [1.54, 1.807) is 18.5 Å². The number of rotatable bonds is 4. The number of nitrogens with two attached hydrogens (primary N) is 1. The zero-order chi connectivity index (χ0) is 14.3. The average molecular weight is 279 g/mol. The summed E-state index contributed by atoms with van der Waals surface area (Å²) in [7, 11) is -0.944. The molecular weight excluding hydrogens is 262 g/mol. The molecule has 1 aromatic rings. The van der Waals surface area contributed by atoms with Gasteiger partial charge in [0.15, 0.2) is 0 Å². The molecule has 0 fully saturated rings. The molecule has 0 saturated heterocycles. The van der Waals surface area contributed by atoms with Crippen molar-refractivity contribution in [1.82, 2.24) is 10.3 Å². The van der Waals surface area contributed by atoms with E-state index in [0.717, 1.165) is 0 Å². The summed E-state index contributed by atoms with van der Waals surface area (Å²) in [6, 6.07) is 1.50. The zero-order valence-electron chi connectivity index (χ0n) is 11.0. The number of carbonyl (C=O) groups is 1. The third-order valence-corrected chi connectivity index (χ3v) is 3.17. The van der Waals surface area contributed by atoms with Crippen LogP contribution in [0.5, 0.6) is 0 Å². The molecule has 0 aromatic carbocycles. The Hall–Kier alpha value is -1.71. The maximum Gasteiger partial charge on any atom is 0.253 e. The number of nitrogens with one attached hydrogen (secondary N) is 1. The minimum absolute atomic E-state index is 0.155. The molecule has 0 aliphatic carbocycles. The topological polar surface area (TPSA) is 85.1 Å². The minimum atomic E-state index is -0.944. The molecule has 1 amide bonds. The smallest absolute Gasteiger partial charge is 0.253 e. The standard InChI is InChI=1S/C13H17N3O2S/c1-10(9-19(2)18)16-13(17)12-6-11(4-3-5-14)7-15-8-12/h6-8,10H,5,9,14H2,1-2H3,(H,16,17). The van der Waals surface area contributed by atoms with Gasteiger partial charge in [-0.25, -0.2) is 0 Å². The third-order valence-electron chi connectivity index (χ3n) is 2.20. The van der Waals surface area contributed by atoms with Gasteiger partial charge >= 0.3 is 0 Å². The molecule has 102 valence electrons. The molecule has 1 heterocycles. The van der Waals surface area contributed by atoms with Crippen molar-refractivity contribution >= 4 is 16.7 Å². The lowest BCUT2D eigenvalue weighted by Gasteiger charge is -2.12. The molecule has 0 bridgehead atoms. The van der Waals surface area contributed by atoms with Crippen LogP contribution in [0, 0.1) is 11.8 Å². The van der Waals surface area contributed by atoms with Crippen molar-refractivity contribution < 1.29 is 9.00 Å². The van der Waals surface area contributed by atoms with E-state index in [1.807, 2.05) is 6.92 Å². The first kappa shape index (κ1) is 15.3. The largest absolute Gasteiger partial charge is 0.349 e. The molecule has 0 aliphatic heterocycles. The van der Waals surface area contributed by atoms with E-state index in [4.69, 9.17) is 5.73 Å². The Balaban J connectivity index is 2.74. The van der Waals surface area contributed by atoms with Crippen LogP contribution >= 0.6 is 0 Å². The van der Waals surface area contributed by atoms with Gasteiger partial charge in [-0.1, -0.05) is 11.8 Å². The van der Waals surface area contributed by atoms with Crippen LogP contribution in [0.15, 0.2) is 18.5 Å². The first-order valence-electron chi connectivity index (χ1n) is 5.77. The number of aromatic nitrogens is 1. The van der Waals surface area contributed by atoms with Crippen LogP contribution in [0.1, 0.15) is 22.8 Å². The van der Waals surface area contributed by atoms with E-state index >= 15 is 0 Å². The van der Waals surface area contributed by atoms with E-state index in [9.17, 15) is 9.00 Å². The summed E-state index contributed by atoms with van der Waals surface area (Å²) in [5, 5.41) is 2.77. The van der Waals surface area contributed by atoms with Crippen molar-refractivity contribution in [2.24, 2.45) is 5.73 Å². The number of amides is 1. The maximum atomic E-state index is 11.9. The van der Waals surface area contributed by atoms with Crippen LogP contribution in [0.4, 0.5) is 0 Å². The highest BCUT2D eigenvalue weighted by Crippen LogP contribution is 2.02. The maximum absolute atomic E-state index is 11.9. The summed E-state index contributed by atoms with van der Waals surface area (Å²) < 4.78 is 11.1. The van der Waals surface area contributed by atoms with Crippen LogP contribution in [0.25, 0.3) is 0 Å². The van der Waals surface area contributed by atoms with Crippen LogP contribution in [0.3, 0.4) is 0 Å². The second kappa shape index (κ2) is 7.67. The van der Waals surface area contributed by atoms with E-state index in [1.165, 1.54) is 6.20 Å². The fraction of sp³-hybridized carbons (Fsp3) is 0.385. The van der Waals surface area contributed by atoms with Gasteiger partial charge in [-0.15, -0.1) is 0 Å². The van der Waals surface area contributed by atoms with Gasteiger partial charge in [0, 0.05) is 46.8 Å². The Labute approximate surface area is 115 Å². The lowest BCUT2D eigenvalue weighted by Crippen LogP contribution is -2.36. The monoisotopic (exact) mass is 279 g/mol. The fourth-order valence-electron chi connectivity index (χ4n) is 1.49. The minimum Gasteiger partial charge on any atom is -0.349 e. The van der Waals surface area contributed by atoms with Gasteiger partial charge in [-0.05, 0) is 13.0 Å². The lowest BCUT2D eigenvalue weighted by atomic mass is 10.2. The van der Waals surface area contributed by atoms with Gasteiger partial charge in [-0.2, -0.15) is 0 Å². The van der Waals surface area contributed by atoms with Crippen molar-refractivity contribution in [3.05, 3.63) is 29.6 Å². The zero-order valence-corrected chi connectivity index (χ0v) is 11.8. The predicted octanol–water partition coefficient (Wildman–Crippen LogP) is -0.111. The summed E-state index contributed by atoms with van der Waals surface area (Å²) >= 11 is 0. The van der Waals surface area contributed by atoms with Gasteiger partial charge < -0.3 is 11.1 Å². The van der Waals surface area contributed by atoms with Crippen LogP contribution < -0.4 is 11.1 Å². The normalized spacial score (nSPS) is 13.0. The number of nitrogens with zero attached hydrogens (tertiary/aromatic N) is 1. The fourth-order valence-corrected chi connectivity index (χ4v) is 2.27. The Kier molecular flexibility index (Phi) is 6.19. The molecule has 0 saturated carbocycles. The van der Waals surface area contributed by atoms with Gasteiger partial charge in [0.25, 0.3) is 5.91 Å². The molecule has 1 aromatic heterocycles. The van der Waals surface area contributed by atoms with E-state index in [0.29, 0.717) is 16.9 Å². The Morgan fingerprint density at radius 3 is 2.95 bits per heavy atom. The molecule has 5 nitrogen and oxygen atoms in total. The van der Waals surface area contributed by atoms with Crippen LogP contribution in [0.2, 0.25) is 0 Å². The van der Waals surface area contributed by atoms with Gasteiger partial charge in [0.05, 0.1) is 12.1 Å². The predicted molar refractivity (Wildman–Crippen MR) is 76.0 cm³/mol. The average Bonchev–Trinajstić information content (AvgIpc) is 2.35. The quantitative estimate of drug-likeness (QED) is 0.753. The molecule has 0 radical (unpaired) electrons. The Bertz CT molecular complexity index is 534. The van der Waals surface area contributed by atoms with Gasteiger partial charge in [0.2, 0.25) is 0 Å². The van der Waals surface area contributed by atoms with Gasteiger partial charge in [-0.3, -0.25) is 14.0 Å². The second-order valence-corrected chi connectivity index (χ2v) is 5.56. The summed E-state index contributed by atoms with van der Waals surface area (Å²) in [6.07, 6.45) is 4.65. The molecule has 2 unspecified atom stereocenters. The number of carbonyl (C=O) groups excluding carboxylic acids is 1.